The number of hydrogen-bond acceptors (Lipinski definition) is 3. The Kier molecular flexibility index (Phi) is 3.51. The van der Waals surface area contributed by atoms with Crippen LogP contribution in [0.25, 0.3) is 0 Å². The first kappa shape index (κ1) is 15.4. The van der Waals surface area contributed by atoms with Crippen LogP contribution < -0.4 is 10.2 Å². The van der Waals surface area contributed by atoms with Gasteiger partial charge in [0.15, 0.2) is 0 Å². The summed E-state index contributed by atoms with van der Waals surface area (Å²) in [6, 6.07) is 8.69. The molecular weight excluding hydrogens is 349 g/mol. The maximum absolute atomic E-state index is 12.8. The molecule has 1 saturated heterocycles. The Morgan fingerprint density at radius 1 is 1.17 bits per heavy atom. The molecule has 3 amide bonds. The van der Waals surface area contributed by atoms with E-state index in [0.29, 0.717) is 28.6 Å². The number of benzene rings is 1. The molecule has 2 fully saturated rings. The average Bonchev–Trinajstić information content (AvgIpc) is 2.78. The lowest BCUT2D eigenvalue weighted by molar-refractivity contribution is -0.125. The lowest BCUT2D eigenvalue weighted by Gasteiger charge is -2.43. The summed E-state index contributed by atoms with van der Waals surface area (Å²) in [5, 5.41) is 3.88. The molecule has 1 N–H and O–H groups in total. The summed E-state index contributed by atoms with van der Waals surface area (Å²) in [5.41, 5.74) is 0.529. The fraction of sp³-hybridized carbons (Fsp3) is 0.235. The third-order valence-corrected chi connectivity index (χ3v) is 5.20. The Hall–Kier alpha value is -2.11. The molecule has 7 heteroatoms. The largest absolute Gasteiger partial charge is 0.329 e. The SMILES string of the molecule is O=C1NC2(CC(c3ccccc3Cl)C2)C(=O)N1c1cncc(Cl)c1. The van der Waals surface area contributed by atoms with Crippen LogP contribution in [0.15, 0.2) is 42.7 Å². The molecule has 0 unspecified atom stereocenters. The van der Waals surface area contributed by atoms with E-state index in [4.69, 9.17) is 23.2 Å². The van der Waals surface area contributed by atoms with Crippen LogP contribution in [0.1, 0.15) is 24.3 Å². The van der Waals surface area contributed by atoms with Crippen LogP contribution >= 0.6 is 23.2 Å². The van der Waals surface area contributed by atoms with Gasteiger partial charge in [0.05, 0.1) is 16.9 Å². The molecule has 2 heterocycles. The number of amides is 3. The van der Waals surface area contributed by atoms with Gasteiger partial charge >= 0.3 is 6.03 Å². The van der Waals surface area contributed by atoms with E-state index in [1.807, 2.05) is 24.3 Å². The fourth-order valence-electron chi connectivity index (χ4n) is 3.46. The van der Waals surface area contributed by atoms with Gasteiger partial charge in [-0.3, -0.25) is 9.78 Å². The predicted molar refractivity (Wildman–Crippen MR) is 91.4 cm³/mol. The second-order valence-electron chi connectivity index (χ2n) is 6.14. The lowest BCUT2D eigenvalue weighted by Crippen LogP contribution is -2.56. The zero-order chi connectivity index (χ0) is 16.9. The summed E-state index contributed by atoms with van der Waals surface area (Å²) in [6.45, 7) is 0. The first-order valence-corrected chi connectivity index (χ1v) is 8.27. The van der Waals surface area contributed by atoms with Crippen LogP contribution in [-0.4, -0.2) is 22.5 Å². The Balaban J connectivity index is 1.58. The molecular formula is C17H13Cl2N3O2. The number of rotatable bonds is 2. The summed E-state index contributed by atoms with van der Waals surface area (Å²) in [5.74, 6) is -0.111. The molecule has 1 aromatic carbocycles. The first-order valence-electron chi connectivity index (χ1n) is 7.52. The topological polar surface area (TPSA) is 62.3 Å². The van der Waals surface area contributed by atoms with Crippen molar-refractivity contribution in [2.24, 2.45) is 0 Å². The van der Waals surface area contributed by atoms with Gasteiger partial charge in [-0.05, 0) is 36.5 Å². The van der Waals surface area contributed by atoms with Crippen LogP contribution in [0.4, 0.5) is 10.5 Å². The Morgan fingerprint density at radius 2 is 1.92 bits per heavy atom. The molecule has 1 aliphatic carbocycles. The highest BCUT2D eigenvalue weighted by Crippen LogP contribution is 2.49. The number of anilines is 1. The van der Waals surface area contributed by atoms with Gasteiger partial charge < -0.3 is 5.32 Å². The maximum Gasteiger partial charge on any atom is 0.329 e. The molecule has 0 radical (unpaired) electrons. The van der Waals surface area contributed by atoms with Crippen LogP contribution in [0.2, 0.25) is 10.0 Å². The van der Waals surface area contributed by atoms with Crippen LogP contribution in [0.3, 0.4) is 0 Å². The minimum Gasteiger partial charge on any atom is -0.323 e. The number of carbonyl (C=O) groups is 2. The van der Waals surface area contributed by atoms with E-state index >= 15 is 0 Å². The van der Waals surface area contributed by atoms with Gasteiger partial charge in [-0.1, -0.05) is 41.4 Å². The zero-order valence-electron chi connectivity index (χ0n) is 12.5. The molecule has 1 spiro atoms. The van der Waals surface area contributed by atoms with Crippen LogP contribution in [-0.2, 0) is 4.79 Å². The third-order valence-electron chi connectivity index (χ3n) is 4.65. The molecule has 2 aliphatic rings. The van der Waals surface area contributed by atoms with Crippen LogP contribution in [0, 0.1) is 0 Å². The highest BCUT2D eigenvalue weighted by Gasteiger charge is 2.59. The number of aromatic nitrogens is 1. The normalized spacial score (nSPS) is 25.8. The average molecular weight is 362 g/mol. The number of carbonyl (C=O) groups excluding carboxylic acids is 2. The summed E-state index contributed by atoms with van der Waals surface area (Å²) in [6.07, 6.45) is 3.97. The summed E-state index contributed by atoms with van der Waals surface area (Å²) in [4.78, 5) is 30.2. The van der Waals surface area contributed by atoms with Crippen molar-refractivity contribution in [1.82, 2.24) is 10.3 Å². The van der Waals surface area contributed by atoms with Gasteiger partial charge in [0.25, 0.3) is 5.91 Å². The maximum atomic E-state index is 12.8. The number of pyridine rings is 1. The van der Waals surface area contributed by atoms with E-state index in [1.54, 1.807) is 6.07 Å². The Labute approximate surface area is 148 Å². The van der Waals surface area contributed by atoms with E-state index in [0.717, 1.165) is 10.5 Å². The molecule has 1 saturated carbocycles. The van der Waals surface area contributed by atoms with Gasteiger partial charge in [-0.25, -0.2) is 9.69 Å². The van der Waals surface area contributed by atoms with E-state index in [9.17, 15) is 9.59 Å². The van der Waals surface area contributed by atoms with Crippen molar-refractivity contribution < 1.29 is 9.59 Å². The van der Waals surface area contributed by atoms with Crippen molar-refractivity contribution in [3.8, 4) is 0 Å². The molecule has 1 aliphatic heterocycles. The quantitative estimate of drug-likeness (QED) is 0.828. The molecule has 4 rings (SSSR count). The van der Waals surface area contributed by atoms with Crippen molar-refractivity contribution in [3.63, 3.8) is 0 Å². The lowest BCUT2D eigenvalue weighted by atomic mass is 9.65. The second-order valence-corrected chi connectivity index (χ2v) is 6.98. The molecule has 2 aromatic rings. The number of imide groups is 1. The number of nitrogens with zero attached hydrogens (tertiary/aromatic N) is 2. The van der Waals surface area contributed by atoms with Crippen molar-refractivity contribution in [2.45, 2.75) is 24.3 Å². The van der Waals surface area contributed by atoms with E-state index in [1.165, 1.54) is 12.4 Å². The molecule has 0 atom stereocenters. The Morgan fingerprint density at radius 3 is 2.62 bits per heavy atom. The minimum absolute atomic E-state index is 0.153. The zero-order valence-corrected chi connectivity index (χ0v) is 14.0. The van der Waals surface area contributed by atoms with Gasteiger partial charge in [-0.2, -0.15) is 0 Å². The molecule has 122 valence electrons. The van der Waals surface area contributed by atoms with Crippen molar-refractivity contribution >= 4 is 40.8 Å². The highest BCUT2D eigenvalue weighted by atomic mass is 35.5. The molecule has 0 bridgehead atoms. The summed E-state index contributed by atoms with van der Waals surface area (Å²) >= 11 is 12.1. The van der Waals surface area contributed by atoms with E-state index < -0.39 is 11.6 Å². The van der Waals surface area contributed by atoms with Crippen molar-refractivity contribution in [2.75, 3.05) is 4.90 Å². The van der Waals surface area contributed by atoms with E-state index in [-0.39, 0.29) is 11.8 Å². The second kappa shape index (κ2) is 5.46. The third kappa shape index (κ3) is 2.27. The highest BCUT2D eigenvalue weighted by molar-refractivity contribution is 6.32. The smallest absolute Gasteiger partial charge is 0.323 e. The van der Waals surface area contributed by atoms with Crippen LogP contribution in [0.5, 0.6) is 0 Å². The molecule has 5 nitrogen and oxygen atoms in total. The summed E-state index contributed by atoms with van der Waals surface area (Å²) in [7, 11) is 0. The monoisotopic (exact) mass is 361 g/mol. The first-order chi connectivity index (χ1) is 11.5. The van der Waals surface area contributed by atoms with Crippen molar-refractivity contribution in [3.05, 3.63) is 58.3 Å². The fourth-order valence-corrected chi connectivity index (χ4v) is 3.92. The number of urea groups is 1. The number of hydrogen-bond donors (Lipinski definition) is 1. The number of nitrogens with one attached hydrogen (secondary N) is 1. The Bertz CT molecular complexity index is 849. The standard InChI is InChI=1S/C17H13Cl2N3O2/c18-11-5-12(9-20-8-11)22-15(23)17(21-16(22)24)6-10(7-17)13-3-1-2-4-14(13)19/h1-5,8-10H,6-7H2,(H,21,24). The summed E-state index contributed by atoms with van der Waals surface area (Å²) < 4.78 is 0. The minimum atomic E-state index is -0.858. The number of halogens is 2. The van der Waals surface area contributed by atoms with Gasteiger partial charge in [-0.15, -0.1) is 0 Å². The predicted octanol–water partition coefficient (Wildman–Crippen LogP) is 3.76. The molecule has 24 heavy (non-hydrogen) atoms. The van der Waals surface area contributed by atoms with Gasteiger partial charge in [0.2, 0.25) is 0 Å². The van der Waals surface area contributed by atoms with E-state index in [2.05, 4.69) is 10.3 Å². The van der Waals surface area contributed by atoms with Gasteiger partial charge in [0.1, 0.15) is 5.54 Å². The molecule has 1 aromatic heterocycles. The van der Waals surface area contributed by atoms with Gasteiger partial charge in [0, 0.05) is 11.2 Å². The van der Waals surface area contributed by atoms with Crippen molar-refractivity contribution in [1.29, 1.82) is 0 Å².